The highest BCUT2D eigenvalue weighted by Gasteiger charge is 2.38. The summed E-state index contributed by atoms with van der Waals surface area (Å²) in [4.78, 5) is 29.9. The summed E-state index contributed by atoms with van der Waals surface area (Å²) in [6, 6.07) is 10.5. The van der Waals surface area contributed by atoms with E-state index in [4.69, 9.17) is 0 Å². The number of halogens is 2. The van der Waals surface area contributed by atoms with Gasteiger partial charge >= 0.3 is 0 Å². The van der Waals surface area contributed by atoms with Crippen molar-refractivity contribution in [1.29, 1.82) is 0 Å². The van der Waals surface area contributed by atoms with E-state index in [1.807, 2.05) is 4.90 Å². The zero-order valence-electron chi connectivity index (χ0n) is 18.0. The van der Waals surface area contributed by atoms with Gasteiger partial charge in [-0.05, 0) is 48.2 Å². The number of likely N-dealkylation sites (tertiary alicyclic amines) is 1. The molecular weight excluding hydrogens is 442 g/mol. The van der Waals surface area contributed by atoms with E-state index in [-0.39, 0.29) is 22.7 Å². The number of aromatic nitrogens is 4. The Labute approximate surface area is 192 Å². The molecule has 0 radical (unpaired) electrons. The molecule has 2 fully saturated rings. The maximum Gasteiger partial charge on any atom is 0.258 e. The molecule has 6 rings (SSSR count). The summed E-state index contributed by atoms with van der Waals surface area (Å²) in [5, 5.41) is 11.9. The molecular formula is C24H20F2N6O2. The van der Waals surface area contributed by atoms with E-state index in [9.17, 15) is 18.4 Å². The number of fused-ring (bicyclic) bond motifs is 2. The Balaban J connectivity index is 1.24. The fourth-order valence-electron chi connectivity index (χ4n) is 4.86. The zero-order chi connectivity index (χ0) is 23.4. The number of rotatable bonds is 3. The van der Waals surface area contributed by atoms with Crippen LogP contribution in [0.5, 0.6) is 0 Å². The minimum atomic E-state index is -1.03. The second-order valence-electron chi connectivity index (χ2n) is 8.85. The summed E-state index contributed by atoms with van der Waals surface area (Å²) in [7, 11) is 0. The summed E-state index contributed by atoms with van der Waals surface area (Å²) in [6.07, 6.45) is 1.57. The molecule has 2 saturated heterocycles. The average molecular weight is 462 g/mol. The molecule has 2 N–H and O–H groups in total. The number of nitrogens with one attached hydrogen (secondary N) is 2. The molecule has 2 aromatic carbocycles. The molecule has 2 atom stereocenters. The summed E-state index contributed by atoms with van der Waals surface area (Å²) >= 11 is 0. The Morgan fingerprint density at radius 2 is 1.71 bits per heavy atom. The quantitative estimate of drug-likeness (QED) is 0.487. The lowest BCUT2D eigenvalue weighted by atomic mass is 10.0. The van der Waals surface area contributed by atoms with E-state index in [1.165, 1.54) is 10.7 Å². The number of H-pyrrole nitrogens is 1. The molecule has 0 bridgehead atoms. The van der Waals surface area contributed by atoms with Crippen LogP contribution >= 0.6 is 0 Å². The number of hydrogen-bond donors (Lipinski definition) is 2. The van der Waals surface area contributed by atoms with Crippen LogP contribution in [-0.2, 0) is 0 Å². The van der Waals surface area contributed by atoms with E-state index in [0.29, 0.717) is 28.5 Å². The minimum Gasteiger partial charge on any atom is -0.338 e. The van der Waals surface area contributed by atoms with Crippen LogP contribution < -0.4 is 10.9 Å². The van der Waals surface area contributed by atoms with Crippen molar-refractivity contribution >= 4 is 16.8 Å². The highest BCUT2D eigenvalue weighted by molar-refractivity contribution is 5.94. The molecule has 34 heavy (non-hydrogen) atoms. The molecule has 2 aromatic heterocycles. The molecule has 0 saturated carbocycles. The van der Waals surface area contributed by atoms with Gasteiger partial charge in [-0.15, -0.1) is 5.10 Å². The van der Waals surface area contributed by atoms with Gasteiger partial charge in [0.1, 0.15) is 5.69 Å². The van der Waals surface area contributed by atoms with Crippen molar-refractivity contribution in [3.05, 3.63) is 76.2 Å². The number of benzene rings is 2. The Hall–Kier alpha value is -3.92. The Kier molecular flexibility index (Phi) is 4.77. The molecule has 0 spiro atoms. The number of aromatic amines is 1. The Morgan fingerprint density at radius 1 is 1.00 bits per heavy atom. The lowest BCUT2D eigenvalue weighted by molar-refractivity contribution is 0.0781. The maximum absolute atomic E-state index is 13.6. The first-order chi connectivity index (χ1) is 16.5. The Bertz CT molecular complexity index is 1470. The van der Waals surface area contributed by atoms with Gasteiger partial charge in [0.2, 0.25) is 0 Å². The first kappa shape index (κ1) is 20.7. The van der Waals surface area contributed by atoms with Crippen molar-refractivity contribution in [3.63, 3.8) is 0 Å². The monoisotopic (exact) mass is 462 g/mol. The van der Waals surface area contributed by atoms with Gasteiger partial charge in [-0.1, -0.05) is 5.21 Å². The van der Waals surface area contributed by atoms with Crippen molar-refractivity contribution in [2.45, 2.75) is 0 Å². The van der Waals surface area contributed by atoms with Crippen LogP contribution in [0.25, 0.3) is 27.8 Å². The number of hydrogen-bond acceptors (Lipinski definition) is 5. The molecule has 2 aliphatic rings. The minimum absolute atomic E-state index is 0.0200. The number of amides is 1. The van der Waals surface area contributed by atoms with Gasteiger partial charge in [-0.3, -0.25) is 9.59 Å². The molecule has 1 amide bonds. The van der Waals surface area contributed by atoms with Gasteiger partial charge in [-0.25, -0.2) is 13.5 Å². The van der Waals surface area contributed by atoms with Crippen molar-refractivity contribution in [3.8, 4) is 16.9 Å². The average Bonchev–Trinajstić information content (AvgIpc) is 3.56. The maximum atomic E-state index is 13.6. The lowest BCUT2D eigenvalue weighted by Gasteiger charge is -2.17. The van der Waals surface area contributed by atoms with Crippen molar-refractivity contribution < 1.29 is 13.6 Å². The lowest BCUT2D eigenvalue weighted by Crippen LogP contribution is -2.31. The van der Waals surface area contributed by atoms with Gasteiger partial charge < -0.3 is 15.2 Å². The van der Waals surface area contributed by atoms with Gasteiger partial charge in [0, 0.05) is 43.2 Å². The van der Waals surface area contributed by atoms with Crippen LogP contribution in [0, 0.1) is 23.5 Å². The van der Waals surface area contributed by atoms with Crippen LogP contribution in [0.15, 0.2) is 53.5 Å². The normalized spacial score (nSPS) is 19.6. The van der Waals surface area contributed by atoms with E-state index in [2.05, 4.69) is 20.6 Å². The summed E-state index contributed by atoms with van der Waals surface area (Å²) in [5.41, 5.74) is 1.45. The number of pyridine rings is 1. The van der Waals surface area contributed by atoms with Crippen molar-refractivity contribution in [2.75, 3.05) is 26.2 Å². The SMILES string of the molecule is O=C(c1ccc(-n2cc(-c3cc4cc(F)c(F)cc4[nH]c3=O)nn2)cc1)N1CC2CNCC2C1. The van der Waals surface area contributed by atoms with Crippen LogP contribution in [0.3, 0.4) is 0 Å². The highest BCUT2D eigenvalue weighted by atomic mass is 19.2. The molecule has 2 unspecified atom stereocenters. The molecule has 4 aromatic rings. The second-order valence-corrected chi connectivity index (χ2v) is 8.85. The molecule has 10 heteroatoms. The first-order valence-corrected chi connectivity index (χ1v) is 11.0. The second kappa shape index (κ2) is 7.84. The van der Waals surface area contributed by atoms with Gasteiger partial charge in [0.15, 0.2) is 11.6 Å². The number of carbonyl (C=O) groups excluding carboxylic acids is 1. The molecule has 0 aliphatic carbocycles. The third-order valence-corrected chi connectivity index (χ3v) is 6.71. The van der Waals surface area contributed by atoms with Crippen molar-refractivity contribution in [1.82, 2.24) is 30.2 Å². The zero-order valence-corrected chi connectivity index (χ0v) is 18.0. The van der Waals surface area contributed by atoms with Crippen molar-refractivity contribution in [2.24, 2.45) is 11.8 Å². The van der Waals surface area contributed by atoms with Gasteiger partial charge in [0.25, 0.3) is 11.5 Å². The van der Waals surface area contributed by atoms with E-state index in [1.54, 1.807) is 30.5 Å². The molecule has 4 heterocycles. The van der Waals surface area contributed by atoms with E-state index >= 15 is 0 Å². The van der Waals surface area contributed by atoms with Crippen LogP contribution in [0.4, 0.5) is 8.78 Å². The highest BCUT2D eigenvalue weighted by Crippen LogP contribution is 2.28. The van der Waals surface area contributed by atoms with Crippen LogP contribution in [0.2, 0.25) is 0 Å². The van der Waals surface area contributed by atoms with Gasteiger partial charge in [0.05, 0.1) is 23.0 Å². The summed E-state index contributed by atoms with van der Waals surface area (Å²) in [5.74, 6) is -0.950. The van der Waals surface area contributed by atoms with Crippen LogP contribution in [0.1, 0.15) is 10.4 Å². The predicted molar refractivity (Wildman–Crippen MR) is 121 cm³/mol. The first-order valence-electron chi connectivity index (χ1n) is 11.0. The molecule has 8 nitrogen and oxygen atoms in total. The third-order valence-electron chi connectivity index (χ3n) is 6.71. The molecule has 2 aliphatic heterocycles. The summed E-state index contributed by atoms with van der Waals surface area (Å²) in [6.45, 7) is 3.49. The van der Waals surface area contributed by atoms with Crippen LogP contribution in [-0.4, -0.2) is 57.0 Å². The third kappa shape index (κ3) is 3.47. The Morgan fingerprint density at radius 3 is 2.44 bits per heavy atom. The summed E-state index contributed by atoms with van der Waals surface area (Å²) < 4.78 is 28.6. The standard InChI is InChI=1S/C24H20F2N6O2/c25-19-6-14-5-18(23(33)28-21(14)7-20(19)26)22-12-32(30-29-22)17-3-1-13(2-4-17)24(34)31-10-15-8-27-9-16(15)11-31/h1-7,12,15-16,27H,8-11H2,(H,28,33). The van der Waals surface area contributed by atoms with Gasteiger partial charge in [-0.2, -0.15) is 0 Å². The fraction of sp³-hybridized carbons (Fsp3) is 0.250. The fourth-order valence-corrected chi connectivity index (χ4v) is 4.86. The molecule has 172 valence electrons. The largest absolute Gasteiger partial charge is 0.338 e. The van der Waals surface area contributed by atoms with E-state index in [0.717, 1.165) is 38.3 Å². The predicted octanol–water partition coefficient (Wildman–Crippen LogP) is 2.35. The smallest absolute Gasteiger partial charge is 0.258 e. The number of nitrogens with zero attached hydrogens (tertiary/aromatic N) is 4. The van der Waals surface area contributed by atoms with E-state index < -0.39 is 17.2 Å². The topological polar surface area (TPSA) is 95.9 Å². The number of carbonyl (C=O) groups is 1.